The molecule has 1 saturated carbocycles. The third-order valence-corrected chi connectivity index (χ3v) is 3.58. The lowest BCUT2D eigenvalue weighted by Gasteiger charge is -2.27. The largest absolute Gasteiger partial charge is 0.482 e. The van der Waals surface area contributed by atoms with E-state index in [1.165, 1.54) is 7.11 Å². The van der Waals surface area contributed by atoms with Crippen LogP contribution < -0.4 is 15.8 Å². The van der Waals surface area contributed by atoms with E-state index in [0.717, 1.165) is 31.4 Å². The van der Waals surface area contributed by atoms with Crippen LogP contribution in [0.15, 0.2) is 24.3 Å². The predicted octanol–water partition coefficient (Wildman–Crippen LogP) is 1.92. The molecule has 0 heterocycles. The summed E-state index contributed by atoms with van der Waals surface area (Å²) in [5.74, 6) is 0.275. The number of benzene rings is 1. The number of methoxy groups -OCH3 is 1. The Kier molecular flexibility index (Phi) is 5.24. The quantitative estimate of drug-likeness (QED) is 0.805. The molecule has 5 heteroatoms. The van der Waals surface area contributed by atoms with Crippen molar-refractivity contribution in [2.45, 2.75) is 37.8 Å². The number of nitrogens with one attached hydrogen (secondary N) is 1. The molecule has 1 aromatic rings. The zero-order chi connectivity index (χ0) is 14.4. The van der Waals surface area contributed by atoms with Gasteiger partial charge in [0.2, 0.25) is 0 Å². The summed E-state index contributed by atoms with van der Waals surface area (Å²) in [6, 6.07) is 8.47. The minimum Gasteiger partial charge on any atom is -0.482 e. The van der Waals surface area contributed by atoms with Gasteiger partial charge in [0.1, 0.15) is 5.75 Å². The van der Waals surface area contributed by atoms with Gasteiger partial charge in [0.25, 0.3) is 0 Å². The molecule has 2 rings (SSSR count). The van der Waals surface area contributed by atoms with Crippen LogP contribution in [0.1, 0.15) is 25.7 Å². The molecule has 0 unspecified atom stereocenters. The molecule has 1 aliphatic rings. The van der Waals surface area contributed by atoms with Crippen LogP contribution in [0.2, 0.25) is 0 Å². The Morgan fingerprint density at radius 1 is 1.25 bits per heavy atom. The second-order valence-electron chi connectivity index (χ2n) is 5.15. The first kappa shape index (κ1) is 14.7. The van der Waals surface area contributed by atoms with E-state index in [1.807, 2.05) is 24.3 Å². The zero-order valence-corrected chi connectivity index (χ0v) is 11.8. The first-order valence-corrected chi connectivity index (χ1v) is 6.99. The van der Waals surface area contributed by atoms with Gasteiger partial charge in [-0.15, -0.1) is 0 Å². The van der Waals surface area contributed by atoms with Gasteiger partial charge in [-0.3, -0.25) is 0 Å². The van der Waals surface area contributed by atoms with Crippen molar-refractivity contribution in [3.63, 3.8) is 0 Å². The van der Waals surface area contributed by atoms with Crippen molar-refractivity contribution < 1.29 is 14.3 Å². The van der Waals surface area contributed by atoms with Crippen molar-refractivity contribution >= 4 is 11.7 Å². The highest BCUT2D eigenvalue weighted by atomic mass is 16.6. The highest BCUT2D eigenvalue weighted by Crippen LogP contribution is 2.22. The summed E-state index contributed by atoms with van der Waals surface area (Å²) < 4.78 is 9.82. The van der Waals surface area contributed by atoms with Crippen molar-refractivity contribution in [1.29, 1.82) is 0 Å². The Labute approximate surface area is 119 Å². The standard InChI is InChI=1S/C15H22N2O3/c1-19-15(18)10-20-14-8-6-13(7-9-14)17-12-4-2-11(16)3-5-12/h6-9,11-12,17H,2-5,10,16H2,1H3. The molecule has 1 aliphatic carbocycles. The van der Waals surface area contributed by atoms with Crippen LogP contribution in [-0.4, -0.2) is 31.8 Å². The van der Waals surface area contributed by atoms with Crippen molar-refractivity contribution in [1.82, 2.24) is 0 Å². The number of rotatable bonds is 5. The average molecular weight is 278 g/mol. The Morgan fingerprint density at radius 3 is 2.50 bits per heavy atom. The van der Waals surface area contributed by atoms with Gasteiger partial charge in [-0.25, -0.2) is 4.79 Å². The van der Waals surface area contributed by atoms with Gasteiger partial charge >= 0.3 is 5.97 Å². The first-order valence-electron chi connectivity index (χ1n) is 6.99. The molecule has 20 heavy (non-hydrogen) atoms. The number of hydrogen-bond acceptors (Lipinski definition) is 5. The minimum atomic E-state index is -0.384. The van der Waals surface area contributed by atoms with Gasteiger partial charge in [0.15, 0.2) is 6.61 Å². The molecule has 3 N–H and O–H groups in total. The minimum absolute atomic E-state index is 0.0657. The van der Waals surface area contributed by atoms with E-state index in [4.69, 9.17) is 10.5 Å². The highest BCUT2D eigenvalue weighted by Gasteiger charge is 2.17. The van der Waals surface area contributed by atoms with Crippen molar-refractivity contribution in [2.75, 3.05) is 19.0 Å². The molecule has 0 spiro atoms. The normalized spacial score (nSPS) is 22.1. The monoisotopic (exact) mass is 278 g/mol. The summed E-state index contributed by atoms with van der Waals surface area (Å²) >= 11 is 0. The SMILES string of the molecule is COC(=O)COc1ccc(NC2CCC(N)CC2)cc1. The molecule has 0 aromatic heterocycles. The number of carbonyl (C=O) groups is 1. The van der Waals surface area contributed by atoms with Crippen LogP contribution in [0.5, 0.6) is 5.75 Å². The second kappa shape index (κ2) is 7.14. The van der Waals surface area contributed by atoms with E-state index in [0.29, 0.717) is 17.8 Å². The van der Waals surface area contributed by atoms with Crippen LogP contribution in [0.4, 0.5) is 5.69 Å². The van der Waals surface area contributed by atoms with Gasteiger partial charge in [-0.1, -0.05) is 0 Å². The molecule has 0 atom stereocenters. The first-order chi connectivity index (χ1) is 9.67. The van der Waals surface area contributed by atoms with Gasteiger partial charge < -0.3 is 20.5 Å². The topological polar surface area (TPSA) is 73.6 Å². The number of esters is 1. The van der Waals surface area contributed by atoms with Gasteiger partial charge in [-0.2, -0.15) is 0 Å². The second-order valence-corrected chi connectivity index (χ2v) is 5.15. The number of nitrogens with two attached hydrogens (primary N) is 1. The lowest BCUT2D eigenvalue weighted by Crippen LogP contribution is -2.32. The molecule has 0 bridgehead atoms. The Bertz CT molecular complexity index is 425. The number of ether oxygens (including phenoxy) is 2. The van der Waals surface area contributed by atoms with E-state index in [9.17, 15) is 4.79 Å². The van der Waals surface area contributed by atoms with Crippen LogP contribution in [0, 0.1) is 0 Å². The van der Waals surface area contributed by atoms with Gasteiger partial charge in [0.05, 0.1) is 7.11 Å². The maximum Gasteiger partial charge on any atom is 0.343 e. The molecule has 1 fully saturated rings. The van der Waals surface area contributed by atoms with Crippen molar-refractivity contribution in [3.8, 4) is 5.75 Å². The third kappa shape index (κ3) is 4.42. The molecular weight excluding hydrogens is 256 g/mol. The summed E-state index contributed by atoms with van der Waals surface area (Å²) in [6.45, 7) is -0.0657. The summed E-state index contributed by atoms with van der Waals surface area (Å²) in [5, 5.41) is 3.50. The van der Waals surface area contributed by atoms with E-state index in [1.54, 1.807) is 0 Å². The maximum atomic E-state index is 11.0. The van der Waals surface area contributed by atoms with E-state index >= 15 is 0 Å². The Hall–Kier alpha value is -1.75. The predicted molar refractivity (Wildman–Crippen MR) is 77.8 cm³/mol. The maximum absolute atomic E-state index is 11.0. The average Bonchev–Trinajstić information content (AvgIpc) is 2.48. The van der Waals surface area contributed by atoms with Crippen LogP contribution >= 0.6 is 0 Å². The molecule has 0 amide bonds. The summed E-state index contributed by atoms with van der Waals surface area (Å²) in [4.78, 5) is 11.0. The third-order valence-electron chi connectivity index (χ3n) is 3.58. The molecule has 1 aromatic carbocycles. The molecule has 0 saturated heterocycles. The number of hydrogen-bond donors (Lipinski definition) is 2. The molecular formula is C15H22N2O3. The van der Waals surface area contributed by atoms with Crippen LogP contribution in [-0.2, 0) is 9.53 Å². The fraction of sp³-hybridized carbons (Fsp3) is 0.533. The summed E-state index contributed by atoms with van der Waals surface area (Å²) in [6.07, 6.45) is 4.39. The molecule has 110 valence electrons. The highest BCUT2D eigenvalue weighted by molar-refractivity contribution is 5.70. The molecule has 0 radical (unpaired) electrons. The Morgan fingerprint density at radius 2 is 1.90 bits per heavy atom. The van der Waals surface area contributed by atoms with Crippen LogP contribution in [0.25, 0.3) is 0 Å². The van der Waals surface area contributed by atoms with Gasteiger partial charge in [0, 0.05) is 17.8 Å². The lowest BCUT2D eigenvalue weighted by atomic mass is 9.92. The summed E-state index contributed by atoms with van der Waals surface area (Å²) in [7, 11) is 1.34. The summed E-state index contributed by atoms with van der Waals surface area (Å²) in [5.41, 5.74) is 6.96. The Balaban J connectivity index is 1.80. The fourth-order valence-corrected chi connectivity index (χ4v) is 2.35. The lowest BCUT2D eigenvalue weighted by molar-refractivity contribution is -0.142. The van der Waals surface area contributed by atoms with E-state index in [2.05, 4.69) is 10.1 Å². The van der Waals surface area contributed by atoms with Crippen molar-refractivity contribution in [2.24, 2.45) is 5.73 Å². The zero-order valence-electron chi connectivity index (χ0n) is 11.8. The fourth-order valence-electron chi connectivity index (χ4n) is 2.35. The number of anilines is 1. The van der Waals surface area contributed by atoms with Gasteiger partial charge in [-0.05, 0) is 49.9 Å². The number of carbonyl (C=O) groups excluding carboxylic acids is 1. The molecule has 0 aliphatic heterocycles. The van der Waals surface area contributed by atoms with E-state index < -0.39 is 0 Å². The smallest absolute Gasteiger partial charge is 0.343 e. The van der Waals surface area contributed by atoms with Crippen molar-refractivity contribution in [3.05, 3.63) is 24.3 Å². The molecule has 5 nitrogen and oxygen atoms in total. The van der Waals surface area contributed by atoms with Crippen LogP contribution in [0.3, 0.4) is 0 Å². The van der Waals surface area contributed by atoms with E-state index in [-0.39, 0.29) is 12.6 Å².